The average molecular weight is 274 g/mol. The SMILES string of the molecule is CCC(C)(C)OC1(C(=O)c2ccccc2)CCCCC1. The van der Waals surface area contributed by atoms with Crippen LogP contribution in [-0.2, 0) is 4.74 Å². The van der Waals surface area contributed by atoms with Gasteiger partial charge in [0.1, 0.15) is 5.60 Å². The summed E-state index contributed by atoms with van der Waals surface area (Å²) in [7, 11) is 0. The molecule has 1 saturated carbocycles. The second-order valence-electron chi connectivity index (χ2n) is 6.47. The highest BCUT2D eigenvalue weighted by Gasteiger charge is 2.44. The standard InChI is InChI=1S/C18H26O2/c1-4-17(2,3)20-18(13-9-6-10-14-18)16(19)15-11-7-5-8-12-15/h5,7-8,11-12H,4,6,9-10,13-14H2,1-3H3. The van der Waals surface area contributed by atoms with Crippen molar-refractivity contribution in [2.24, 2.45) is 0 Å². The van der Waals surface area contributed by atoms with Gasteiger partial charge in [-0.05, 0) is 33.1 Å². The molecule has 110 valence electrons. The third kappa shape index (κ3) is 3.29. The van der Waals surface area contributed by atoms with E-state index in [4.69, 9.17) is 4.74 Å². The Morgan fingerprint density at radius 3 is 2.30 bits per heavy atom. The van der Waals surface area contributed by atoms with Gasteiger partial charge < -0.3 is 4.74 Å². The summed E-state index contributed by atoms with van der Waals surface area (Å²) in [6, 6.07) is 9.60. The molecule has 2 rings (SSSR count). The maximum absolute atomic E-state index is 13.0. The maximum Gasteiger partial charge on any atom is 0.194 e. The topological polar surface area (TPSA) is 26.3 Å². The van der Waals surface area contributed by atoms with Gasteiger partial charge in [-0.2, -0.15) is 0 Å². The van der Waals surface area contributed by atoms with Crippen LogP contribution in [0.5, 0.6) is 0 Å². The van der Waals surface area contributed by atoms with Crippen LogP contribution < -0.4 is 0 Å². The molecule has 0 heterocycles. The van der Waals surface area contributed by atoms with E-state index in [1.807, 2.05) is 30.3 Å². The normalized spacial score (nSPS) is 18.8. The van der Waals surface area contributed by atoms with Crippen LogP contribution in [0, 0.1) is 0 Å². The molecular weight excluding hydrogens is 248 g/mol. The first-order valence-corrected chi connectivity index (χ1v) is 7.79. The van der Waals surface area contributed by atoms with Crippen LogP contribution in [0.15, 0.2) is 30.3 Å². The van der Waals surface area contributed by atoms with E-state index in [2.05, 4.69) is 20.8 Å². The van der Waals surface area contributed by atoms with E-state index in [0.29, 0.717) is 0 Å². The van der Waals surface area contributed by atoms with Crippen LogP contribution in [0.2, 0.25) is 0 Å². The molecule has 0 radical (unpaired) electrons. The minimum Gasteiger partial charge on any atom is -0.361 e. The lowest BCUT2D eigenvalue weighted by Gasteiger charge is -2.42. The highest BCUT2D eigenvalue weighted by Crippen LogP contribution is 2.38. The van der Waals surface area contributed by atoms with Gasteiger partial charge in [-0.15, -0.1) is 0 Å². The second kappa shape index (κ2) is 6.09. The van der Waals surface area contributed by atoms with Gasteiger partial charge >= 0.3 is 0 Å². The molecule has 0 unspecified atom stereocenters. The minimum atomic E-state index is -0.612. The van der Waals surface area contributed by atoms with Crippen LogP contribution in [0.3, 0.4) is 0 Å². The molecule has 2 nitrogen and oxygen atoms in total. The predicted molar refractivity (Wildman–Crippen MR) is 82.0 cm³/mol. The summed E-state index contributed by atoms with van der Waals surface area (Å²) in [4.78, 5) is 13.0. The van der Waals surface area contributed by atoms with Crippen LogP contribution in [0.25, 0.3) is 0 Å². The summed E-state index contributed by atoms with van der Waals surface area (Å²) in [5.41, 5.74) is -0.0812. The molecule has 0 bridgehead atoms. The number of ketones is 1. The van der Waals surface area contributed by atoms with Crippen molar-refractivity contribution in [2.75, 3.05) is 0 Å². The lowest BCUT2D eigenvalue weighted by atomic mass is 9.78. The number of carbonyl (C=O) groups is 1. The zero-order chi connectivity index (χ0) is 14.6. The number of benzene rings is 1. The average Bonchev–Trinajstić information content (AvgIpc) is 2.48. The first kappa shape index (κ1) is 15.2. The van der Waals surface area contributed by atoms with Gasteiger partial charge in [-0.1, -0.05) is 56.5 Å². The van der Waals surface area contributed by atoms with Gasteiger partial charge in [0.05, 0.1) is 5.60 Å². The fourth-order valence-electron chi connectivity index (χ4n) is 2.95. The van der Waals surface area contributed by atoms with E-state index in [1.165, 1.54) is 6.42 Å². The molecule has 1 aliphatic rings. The van der Waals surface area contributed by atoms with Gasteiger partial charge in [-0.25, -0.2) is 0 Å². The first-order chi connectivity index (χ1) is 9.49. The van der Waals surface area contributed by atoms with Crippen LogP contribution in [0.1, 0.15) is 69.7 Å². The largest absolute Gasteiger partial charge is 0.361 e. The predicted octanol–water partition coefficient (Wildman–Crippen LogP) is 4.78. The summed E-state index contributed by atoms with van der Waals surface area (Å²) in [6.45, 7) is 6.28. The zero-order valence-corrected chi connectivity index (χ0v) is 12.9. The van der Waals surface area contributed by atoms with Crippen LogP contribution >= 0.6 is 0 Å². The quantitative estimate of drug-likeness (QED) is 0.722. The van der Waals surface area contributed by atoms with E-state index in [-0.39, 0.29) is 11.4 Å². The number of ether oxygens (including phenoxy) is 1. The van der Waals surface area contributed by atoms with Crippen molar-refractivity contribution in [2.45, 2.75) is 70.5 Å². The van der Waals surface area contributed by atoms with E-state index in [0.717, 1.165) is 37.7 Å². The van der Waals surface area contributed by atoms with Crippen molar-refractivity contribution < 1.29 is 9.53 Å². The lowest BCUT2D eigenvalue weighted by Crippen LogP contribution is -2.48. The van der Waals surface area contributed by atoms with Crippen molar-refractivity contribution in [1.29, 1.82) is 0 Å². The van der Waals surface area contributed by atoms with Crippen molar-refractivity contribution in [3.8, 4) is 0 Å². The minimum absolute atomic E-state index is 0.166. The first-order valence-electron chi connectivity index (χ1n) is 7.79. The number of hydrogen-bond donors (Lipinski definition) is 0. The molecule has 0 atom stereocenters. The fourth-order valence-corrected chi connectivity index (χ4v) is 2.95. The van der Waals surface area contributed by atoms with E-state index < -0.39 is 5.60 Å². The number of rotatable bonds is 5. The maximum atomic E-state index is 13.0. The fraction of sp³-hybridized carbons (Fsp3) is 0.611. The summed E-state index contributed by atoms with van der Waals surface area (Å²) < 4.78 is 6.38. The molecule has 1 aliphatic carbocycles. The molecule has 0 aliphatic heterocycles. The highest BCUT2D eigenvalue weighted by molar-refractivity contribution is 6.02. The van der Waals surface area contributed by atoms with Crippen molar-refractivity contribution in [1.82, 2.24) is 0 Å². The smallest absolute Gasteiger partial charge is 0.194 e. The molecule has 1 aromatic rings. The summed E-state index contributed by atoms with van der Waals surface area (Å²) in [6.07, 6.45) is 5.99. The van der Waals surface area contributed by atoms with E-state index in [1.54, 1.807) is 0 Å². The van der Waals surface area contributed by atoms with Gasteiger partial charge in [-0.3, -0.25) is 4.79 Å². The molecule has 0 N–H and O–H groups in total. The summed E-state index contributed by atoms with van der Waals surface area (Å²) in [5.74, 6) is 0.166. The number of hydrogen-bond acceptors (Lipinski definition) is 2. The monoisotopic (exact) mass is 274 g/mol. The highest BCUT2D eigenvalue weighted by atomic mass is 16.5. The third-order valence-corrected chi connectivity index (χ3v) is 4.43. The molecule has 20 heavy (non-hydrogen) atoms. The van der Waals surface area contributed by atoms with E-state index >= 15 is 0 Å². The Morgan fingerprint density at radius 1 is 1.15 bits per heavy atom. The van der Waals surface area contributed by atoms with Gasteiger partial charge in [0.2, 0.25) is 0 Å². The lowest BCUT2D eigenvalue weighted by molar-refractivity contribution is -0.132. The molecular formula is C18H26O2. The Labute approximate surface area is 122 Å². The van der Waals surface area contributed by atoms with Gasteiger partial charge in [0.15, 0.2) is 5.78 Å². The number of carbonyl (C=O) groups excluding carboxylic acids is 1. The van der Waals surface area contributed by atoms with Crippen molar-refractivity contribution in [3.05, 3.63) is 35.9 Å². The Balaban J connectivity index is 2.29. The van der Waals surface area contributed by atoms with Gasteiger partial charge in [0.25, 0.3) is 0 Å². The Bertz CT molecular complexity index is 442. The molecule has 1 aromatic carbocycles. The van der Waals surface area contributed by atoms with Crippen LogP contribution in [-0.4, -0.2) is 17.0 Å². The van der Waals surface area contributed by atoms with Crippen LogP contribution in [0.4, 0.5) is 0 Å². The third-order valence-electron chi connectivity index (χ3n) is 4.43. The van der Waals surface area contributed by atoms with E-state index in [9.17, 15) is 4.79 Å². The number of Topliss-reactive ketones (excluding diaryl/α,β-unsaturated/α-hetero) is 1. The molecule has 2 heteroatoms. The Hall–Kier alpha value is -1.15. The van der Waals surface area contributed by atoms with Crippen molar-refractivity contribution >= 4 is 5.78 Å². The van der Waals surface area contributed by atoms with Gasteiger partial charge in [0, 0.05) is 5.56 Å². The zero-order valence-electron chi connectivity index (χ0n) is 12.9. The summed E-state index contributed by atoms with van der Waals surface area (Å²) in [5, 5.41) is 0. The Kier molecular flexibility index (Phi) is 4.64. The molecule has 0 aromatic heterocycles. The molecule has 0 amide bonds. The molecule has 0 saturated heterocycles. The second-order valence-corrected chi connectivity index (χ2v) is 6.47. The molecule has 0 spiro atoms. The Morgan fingerprint density at radius 2 is 1.75 bits per heavy atom. The summed E-state index contributed by atoms with van der Waals surface area (Å²) >= 11 is 0. The van der Waals surface area contributed by atoms with Crippen molar-refractivity contribution in [3.63, 3.8) is 0 Å². The molecule has 1 fully saturated rings.